The Balaban J connectivity index is 1.76. The topological polar surface area (TPSA) is 55.6 Å². The van der Waals surface area contributed by atoms with Crippen LogP contribution in [0.15, 0.2) is 18.2 Å². The molecule has 0 bridgehead atoms. The number of hydrogen-bond donors (Lipinski definition) is 1. The number of anilines is 2. The summed E-state index contributed by atoms with van der Waals surface area (Å²) in [4.78, 5) is 13.0. The lowest BCUT2D eigenvalue weighted by Gasteiger charge is -2.32. The normalized spacial score (nSPS) is 24.4. The summed E-state index contributed by atoms with van der Waals surface area (Å²) in [6.07, 6.45) is 0.582. The Bertz CT molecular complexity index is 548. The maximum atomic E-state index is 13.2. The zero-order valence-corrected chi connectivity index (χ0v) is 10.9. The fourth-order valence-corrected chi connectivity index (χ4v) is 2.88. The number of nitrogens with two attached hydrogens (primary N) is 1. The van der Waals surface area contributed by atoms with E-state index in [1.54, 1.807) is 6.07 Å². The third kappa shape index (κ3) is 2.30. The summed E-state index contributed by atoms with van der Waals surface area (Å²) in [5.41, 5.74) is 8.57. The first kappa shape index (κ1) is 13.1. The third-order valence-corrected chi connectivity index (χ3v) is 3.80. The lowest BCUT2D eigenvalue weighted by atomic mass is 10.0. The highest BCUT2D eigenvalue weighted by Gasteiger charge is 2.51. The molecule has 0 aromatic heterocycles. The Morgan fingerprint density at radius 3 is 2.95 bits per heavy atom. The molecule has 2 aliphatic rings. The molecule has 2 heterocycles. The van der Waals surface area contributed by atoms with E-state index in [9.17, 15) is 13.6 Å². The van der Waals surface area contributed by atoms with Crippen molar-refractivity contribution < 1.29 is 18.3 Å². The SMILES string of the molecule is Nc1ccc2c(c1)CCCN2CC1CC(F)(F)C(=O)O1. The zero-order valence-electron chi connectivity index (χ0n) is 10.9. The monoisotopic (exact) mass is 282 g/mol. The van der Waals surface area contributed by atoms with Crippen LogP contribution in [0.4, 0.5) is 20.2 Å². The van der Waals surface area contributed by atoms with Crippen LogP contribution in [0, 0.1) is 0 Å². The van der Waals surface area contributed by atoms with Gasteiger partial charge in [-0.1, -0.05) is 0 Å². The average molecular weight is 282 g/mol. The Morgan fingerprint density at radius 1 is 1.45 bits per heavy atom. The van der Waals surface area contributed by atoms with Crippen LogP contribution in [-0.2, 0) is 16.0 Å². The van der Waals surface area contributed by atoms with Crippen LogP contribution in [0.3, 0.4) is 0 Å². The van der Waals surface area contributed by atoms with E-state index < -0.39 is 24.4 Å². The van der Waals surface area contributed by atoms with E-state index in [1.807, 2.05) is 17.0 Å². The molecular formula is C14H16F2N2O2. The molecule has 1 aromatic carbocycles. The number of benzene rings is 1. The summed E-state index contributed by atoms with van der Waals surface area (Å²) in [5.74, 6) is -4.75. The van der Waals surface area contributed by atoms with Crippen LogP contribution in [0.1, 0.15) is 18.4 Å². The van der Waals surface area contributed by atoms with E-state index in [0.717, 1.165) is 30.6 Å². The Hall–Kier alpha value is -1.85. The van der Waals surface area contributed by atoms with Gasteiger partial charge in [-0.3, -0.25) is 0 Å². The zero-order chi connectivity index (χ0) is 14.3. The number of carbonyl (C=O) groups excluding carboxylic acids is 1. The number of rotatable bonds is 2. The number of alkyl halides is 2. The molecule has 108 valence electrons. The van der Waals surface area contributed by atoms with Crippen molar-refractivity contribution in [3.05, 3.63) is 23.8 Å². The van der Waals surface area contributed by atoms with Crippen LogP contribution in [0.25, 0.3) is 0 Å². The molecule has 0 spiro atoms. The molecule has 1 unspecified atom stereocenters. The van der Waals surface area contributed by atoms with Gasteiger partial charge in [-0.2, -0.15) is 8.78 Å². The summed E-state index contributed by atoms with van der Waals surface area (Å²) >= 11 is 0. The second-order valence-electron chi connectivity index (χ2n) is 5.37. The highest BCUT2D eigenvalue weighted by Crippen LogP contribution is 2.34. The number of hydrogen-bond acceptors (Lipinski definition) is 4. The molecule has 1 fully saturated rings. The first-order chi connectivity index (χ1) is 9.45. The molecule has 1 aromatic rings. The van der Waals surface area contributed by atoms with Gasteiger partial charge in [0.1, 0.15) is 6.10 Å². The molecule has 4 nitrogen and oxygen atoms in total. The molecule has 2 N–H and O–H groups in total. The quantitative estimate of drug-likeness (QED) is 0.665. The lowest BCUT2D eigenvalue weighted by Crippen LogP contribution is -2.36. The number of nitrogen functional groups attached to an aromatic ring is 1. The highest BCUT2D eigenvalue weighted by molar-refractivity contribution is 5.79. The smallest absolute Gasteiger partial charge is 0.377 e. The van der Waals surface area contributed by atoms with Crippen molar-refractivity contribution in [2.24, 2.45) is 0 Å². The average Bonchev–Trinajstić information content (AvgIpc) is 2.62. The van der Waals surface area contributed by atoms with Crippen LogP contribution < -0.4 is 10.6 Å². The number of ether oxygens (including phenoxy) is 1. The van der Waals surface area contributed by atoms with Gasteiger partial charge in [0.2, 0.25) is 0 Å². The maximum Gasteiger partial charge on any atom is 0.377 e. The van der Waals surface area contributed by atoms with E-state index in [-0.39, 0.29) is 0 Å². The molecule has 20 heavy (non-hydrogen) atoms. The van der Waals surface area contributed by atoms with Gasteiger partial charge in [-0.15, -0.1) is 0 Å². The van der Waals surface area contributed by atoms with Crippen molar-refractivity contribution in [3.8, 4) is 0 Å². The van der Waals surface area contributed by atoms with Crippen LogP contribution in [0.5, 0.6) is 0 Å². The predicted molar refractivity (Wildman–Crippen MR) is 70.8 cm³/mol. The van der Waals surface area contributed by atoms with Gasteiger partial charge in [0.15, 0.2) is 0 Å². The van der Waals surface area contributed by atoms with Crippen LogP contribution >= 0.6 is 0 Å². The van der Waals surface area contributed by atoms with Crippen molar-refractivity contribution in [2.45, 2.75) is 31.3 Å². The summed E-state index contributed by atoms with van der Waals surface area (Å²) in [6.45, 7) is 1.08. The van der Waals surface area contributed by atoms with Crippen molar-refractivity contribution in [1.29, 1.82) is 0 Å². The number of esters is 1. The van der Waals surface area contributed by atoms with Crippen molar-refractivity contribution >= 4 is 17.3 Å². The number of carbonyl (C=O) groups is 1. The third-order valence-electron chi connectivity index (χ3n) is 3.80. The van der Waals surface area contributed by atoms with Crippen molar-refractivity contribution in [3.63, 3.8) is 0 Å². The molecule has 3 rings (SSSR count). The minimum Gasteiger partial charge on any atom is -0.456 e. The standard InChI is InChI=1S/C14H16F2N2O2/c15-14(16)7-11(20-13(14)19)8-18-5-1-2-9-6-10(17)3-4-12(9)18/h3-4,6,11H,1-2,5,7-8,17H2. The number of nitrogens with zero attached hydrogens (tertiary/aromatic N) is 1. The van der Waals surface area contributed by atoms with Gasteiger partial charge < -0.3 is 15.4 Å². The first-order valence-corrected chi connectivity index (χ1v) is 6.68. The van der Waals surface area contributed by atoms with Gasteiger partial charge in [0.05, 0.1) is 13.0 Å². The molecule has 0 amide bonds. The number of fused-ring (bicyclic) bond motifs is 1. The van der Waals surface area contributed by atoms with Crippen LogP contribution in [-0.4, -0.2) is 31.1 Å². The summed E-state index contributed by atoms with van der Waals surface area (Å²) in [7, 11) is 0. The van der Waals surface area contributed by atoms with Gasteiger partial charge in [0.25, 0.3) is 0 Å². The number of cyclic esters (lactones) is 1. The van der Waals surface area contributed by atoms with Gasteiger partial charge in [-0.25, -0.2) is 4.79 Å². The Kier molecular flexibility index (Phi) is 3.03. The number of halogens is 2. The molecular weight excluding hydrogens is 266 g/mol. The highest BCUT2D eigenvalue weighted by atomic mass is 19.3. The van der Waals surface area contributed by atoms with Crippen LogP contribution in [0.2, 0.25) is 0 Å². The van der Waals surface area contributed by atoms with Gasteiger partial charge in [-0.05, 0) is 36.6 Å². The molecule has 1 atom stereocenters. The fourth-order valence-electron chi connectivity index (χ4n) is 2.88. The molecule has 0 aliphatic carbocycles. The van der Waals surface area contributed by atoms with Gasteiger partial charge >= 0.3 is 11.9 Å². The van der Waals surface area contributed by atoms with Crippen molar-refractivity contribution in [2.75, 3.05) is 23.7 Å². The van der Waals surface area contributed by atoms with E-state index >= 15 is 0 Å². The lowest BCUT2D eigenvalue weighted by molar-refractivity contribution is -0.158. The predicted octanol–water partition coefficient (Wildman–Crippen LogP) is 1.97. The van der Waals surface area contributed by atoms with E-state index in [1.165, 1.54) is 0 Å². The van der Waals surface area contributed by atoms with Crippen molar-refractivity contribution in [1.82, 2.24) is 0 Å². The molecule has 0 saturated carbocycles. The molecule has 1 saturated heterocycles. The summed E-state index contributed by atoms with van der Waals surface area (Å²) in [5, 5.41) is 0. The largest absolute Gasteiger partial charge is 0.456 e. The Morgan fingerprint density at radius 2 is 2.25 bits per heavy atom. The molecule has 6 heteroatoms. The summed E-state index contributed by atoms with van der Waals surface area (Å²) < 4.78 is 31.1. The van der Waals surface area contributed by atoms with Gasteiger partial charge in [0, 0.05) is 17.9 Å². The maximum absolute atomic E-state index is 13.2. The fraction of sp³-hybridized carbons (Fsp3) is 0.500. The molecule has 2 aliphatic heterocycles. The van der Waals surface area contributed by atoms with E-state index in [2.05, 4.69) is 0 Å². The summed E-state index contributed by atoms with van der Waals surface area (Å²) in [6, 6.07) is 5.61. The number of aryl methyl sites for hydroxylation is 1. The molecule has 0 radical (unpaired) electrons. The van der Waals surface area contributed by atoms with E-state index in [4.69, 9.17) is 10.5 Å². The minimum absolute atomic E-state index is 0.304. The second kappa shape index (κ2) is 4.61. The first-order valence-electron chi connectivity index (χ1n) is 6.68. The second-order valence-corrected chi connectivity index (χ2v) is 5.37. The Labute approximate surface area is 115 Å². The van der Waals surface area contributed by atoms with E-state index in [0.29, 0.717) is 12.2 Å². The minimum atomic E-state index is -3.34.